The Hall–Kier alpha value is -2.17. The first kappa shape index (κ1) is 16.0. The zero-order chi connectivity index (χ0) is 17.9. The van der Waals surface area contributed by atoms with E-state index in [1.54, 1.807) is 0 Å². The third kappa shape index (κ3) is 2.00. The fourth-order valence-corrected chi connectivity index (χ4v) is 4.68. The number of hydrogen-bond acceptors (Lipinski definition) is 3. The summed E-state index contributed by atoms with van der Waals surface area (Å²) < 4.78 is 0. The van der Waals surface area contributed by atoms with Crippen LogP contribution in [-0.4, -0.2) is 24.9 Å². The number of fused-ring (bicyclic) bond motifs is 2. The molecule has 26 heavy (non-hydrogen) atoms. The van der Waals surface area contributed by atoms with Crippen LogP contribution in [0.1, 0.15) is 30.4 Å². The quantitative estimate of drug-likeness (QED) is 0.830. The summed E-state index contributed by atoms with van der Waals surface area (Å²) in [6.07, 6.45) is 2.27. The van der Waals surface area contributed by atoms with E-state index in [9.17, 15) is 9.59 Å². The average Bonchev–Trinajstić information content (AvgIpc) is 3.25. The molecule has 0 aromatic heterocycles. The van der Waals surface area contributed by atoms with E-state index in [1.807, 2.05) is 48.5 Å². The van der Waals surface area contributed by atoms with Crippen LogP contribution in [0, 0.1) is 0 Å². The molecule has 2 aromatic rings. The topological polar surface area (TPSA) is 49.4 Å². The van der Waals surface area contributed by atoms with Crippen molar-refractivity contribution in [3.05, 3.63) is 64.7 Å². The Labute approximate surface area is 157 Å². The van der Waals surface area contributed by atoms with Gasteiger partial charge in [-0.15, -0.1) is 0 Å². The standard InChI is InChI=1S/C21H19ClN2O2/c22-15-7-5-14(6-8-15)20(9-10-20)18(25)24-17-4-2-1-3-16(17)21(19(24)26)11-12-23-13-21/h1-8,23H,9-13H2. The molecule has 3 aliphatic rings. The van der Waals surface area contributed by atoms with Gasteiger partial charge in [0.25, 0.3) is 0 Å². The van der Waals surface area contributed by atoms with E-state index in [0.717, 1.165) is 42.6 Å². The molecular formula is C21H19ClN2O2. The molecule has 5 heteroatoms. The lowest BCUT2D eigenvalue weighted by atomic mass is 9.81. The summed E-state index contributed by atoms with van der Waals surface area (Å²) in [4.78, 5) is 28.5. The highest BCUT2D eigenvalue weighted by atomic mass is 35.5. The van der Waals surface area contributed by atoms with Crippen molar-refractivity contribution >= 4 is 29.1 Å². The number of anilines is 1. The molecule has 2 heterocycles. The number of rotatable bonds is 2. The van der Waals surface area contributed by atoms with E-state index in [2.05, 4.69) is 5.32 Å². The highest BCUT2D eigenvalue weighted by Crippen LogP contribution is 2.53. The first-order valence-electron chi connectivity index (χ1n) is 9.04. The maximum Gasteiger partial charge on any atom is 0.245 e. The molecule has 1 atom stereocenters. The lowest BCUT2D eigenvalue weighted by molar-refractivity contribution is -0.129. The molecule has 1 spiro atoms. The van der Waals surface area contributed by atoms with Gasteiger partial charge in [0.1, 0.15) is 0 Å². The number of halogens is 1. The lowest BCUT2D eigenvalue weighted by Gasteiger charge is -2.25. The number of hydrogen-bond donors (Lipinski definition) is 1. The monoisotopic (exact) mass is 366 g/mol. The van der Waals surface area contributed by atoms with Gasteiger partial charge < -0.3 is 5.32 Å². The summed E-state index contributed by atoms with van der Waals surface area (Å²) in [6.45, 7) is 1.39. The Bertz CT molecular complexity index is 912. The van der Waals surface area contributed by atoms with E-state index >= 15 is 0 Å². The van der Waals surface area contributed by atoms with Gasteiger partial charge in [-0.1, -0.05) is 41.9 Å². The van der Waals surface area contributed by atoms with Gasteiger partial charge in [-0.2, -0.15) is 0 Å². The summed E-state index contributed by atoms with van der Waals surface area (Å²) in [5.41, 5.74) is 1.50. The van der Waals surface area contributed by atoms with E-state index in [-0.39, 0.29) is 11.8 Å². The Morgan fingerprint density at radius 2 is 1.77 bits per heavy atom. The number of carbonyl (C=O) groups excluding carboxylic acids is 2. The molecule has 1 unspecified atom stereocenters. The van der Waals surface area contributed by atoms with Gasteiger partial charge in [-0.05, 0) is 55.1 Å². The summed E-state index contributed by atoms with van der Waals surface area (Å²) >= 11 is 6.00. The van der Waals surface area contributed by atoms with Crippen LogP contribution >= 0.6 is 11.6 Å². The van der Waals surface area contributed by atoms with Crippen molar-refractivity contribution < 1.29 is 9.59 Å². The Morgan fingerprint density at radius 3 is 2.42 bits per heavy atom. The van der Waals surface area contributed by atoms with Crippen LogP contribution in [0.5, 0.6) is 0 Å². The number of amides is 2. The van der Waals surface area contributed by atoms with Crippen molar-refractivity contribution in [3.8, 4) is 0 Å². The number of carbonyl (C=O) groups is 2. The van der Waals surface area contributed by atoms with E-state index in [0.29, 0.717) is 11.6 Å². The molecule has 2 amide bonds. The average molecular weight is 367 g/mol. The molecule has 1 saturated heterocycles. The summed E-state index contributed by atoms with van der Waals surface area (Å²) in [6, 6.07) is 15.2. The van der Waals surface area contributed by atoms with Crippen molar-refractivity contribution in [1.82, 2.24) is 5.32 Å². The number of para-hydroxylation sites is 1. The maximum absolute atomic E-state index is 13.6. The van der Waals surface area contributed by atoms with Gasteiger partial charge in [-0.3, -0.25) is 9.59 Å². The summed E-state index contributed by atoms with van der Waals surface area (Å²) in [5.74, 6) is -0.171. The van der Waals surface area contributed by atoms with Gasteiger partial charge >= 0.3 is 0 Å². The van der Waals surface area contributed by atoms with Crippen molar-refractivity contribution in [1.29, 1.82) is 0 Å². The van der Waals surface area contributed by atoms with Crippen LogP contribution in [0.2, 0.25) is 5.02 Å². The van der Waals surface area contributed by atoms with E-state index in [1.165, 1.54) is 4.90 Å². The minimum absolute atomic E-state index is 0.0751. The molecule has 1 aliphatic carbocycles. The summed E-state index contributed by atoms with van der Waals surface area (Å²) in [7, 11) is 0. The minimum atomic E-state index is -0.595. The number of imide groups is 1. The second-order valence-electron chi connectivity index (χ2n) is 7.56. The second-order valence-corrected chi connectivity index (χ2v) is 8.00. The molecule has 2 aliphatic heterocycles. The fourth-order valence-electron chi connectivity index (χ4n) is 4.55. The lowest BCUT2D eigenvalue weighted by Crippen LogP contribution is -2.48. The molecule has 2 fully saturated rings. The largest absolute Gasteiger partial charge is 0.315 e. The molecule has 2 aromatic carbocycles. The third-order valence-electron chi connectivity index (χ3n) is 6.19. The van der Waals surface area contributed by atoms with Crippen molar-refractivity contribution in [2.24, 2.45) is 0 Å². The van der Waals surface area contributed by atoms with Crippen molar-refractivity contribution in [2.75, 3.05) is 18.0 Å². The maximum atomic E-state index is 13.6. The first-order chi connectivity index (χ1) is 12.6. The van der Waals surface area contributed by atoms with Crippen LogP contribution < -0.4 is 10.2 Å². The molecule has 0 radical (unpaired) electrons. The molecular weight excluding hydrogens is 348 g/mol. The minimum Gasteiger partial charge on any atom is -0.315 e. The van der Waals surface area contributed by atoms with Gasteiger partial charge in [0, 0.05) is 11.6 Å². The van der Waals surface area contributed by atoms with Crippen LogP contribution in [-0.2, 0) is 20.4 Å². The molecule has 1 N–H and O–H groups in total. The Kier molecular flexibility index (Phi) is 3.34. The highest BCUT2D eigenvalue weighted by Gasteiger charge is 2.60. The fraction of sp³-hybridized carbons (Fsp3) is 0.333. The van der Waals surface area contributed by atoms with Crippen LogP contribution in [0.4, 0.5) is 5.69 Å². The third-order valence-corrected chi connectivity index (χ3v) is 6.44. The Morgan fingerprint density at radius 1 is 1.04 bits per heavy atom. The smallest absolute Gasteiger partial charge is 0.245 e. The number of nitrogens with zero attached hydrogens (tertiary/aromatic N) is 1. The molecule has 132 valence electrons. The van der Waals surface area contributed by atoms with Gasteiger partial charge in [-0.25, -0.2) is 4.90 Å². The van der Waals surface area contributed by atoms with Gasteiger partial charge in [0.2, 0.25) is 11.8 Å². The van der Waals surface area contributed by atoms with Crippen molar-refractivity contribution in [3.63, 3.8) is 0 Å². The molecule has 1 saturated carbocycles. The normalized spacial score (nSPS) is 25.6. The molecule has 5 rings (SSSR count). The Balaban J connectivity index is 1.59. The zero-order valence-corrected chi connectivity index (χ0v) is 15.1. The van der Waals surface area contributed by atoms with Gasteiger partial charge in [0.15, 0.2) is 0 Å². The van der Waals surface area contributed by atoms with Gasteiger partial charge in [0.05, 0.1) is 16.5 Å². The van der Waals surface area contributed by atoms with E-state index < -0.39 is 10.8 Å². The highest BCUT2D eigenvalue weighted by molar-refractivity contribution is 6.30. The predicted molar refractivity (Wildman–Crippen MR) is 100 cm³/mol. The van der Waals surface area contributed by atoms with Crippen LogP contribution in [0.3, 0.4) is 0 Å². The molecule has 0 bridgehead atoms. The molecule has 4 nitrogen and oxygen atoms in total. The second kappa shape index (κ2) is 5.41. The number of nitrogens with one attached hydrogen (secondary N) is 1. The predicted octanol–water partition coefficient (Wildman–Crippen LogP) is 3.18. The zero-order valence-electron chi connectivity index (χ0n) is 14.3. The number of benzene rings is 2. The van der Waals surface area contributed by atoms with Crippen LogP contribution in [0.25, 0.3) is 0 Å². The summed E-state index contributed by atoms with van der Waals surface area (Å²) in [5, 5.41) is 3.95. The van der Waals surface area contributed by atoms with E-state index in [4.69, 9.17) is 11.6 Å². The first-order valence-corrected chi connectivity index (χ1v) is 9.42. The van der Waals surface area contributed by atoms with Crippen LogP contribution in [0.15, 0.2) is 48.5 Å². The van der Waals surface area contributed by atoms with Crippen molar-refractivity contribution in [2.45, 2.75) is 30.1 Å². The SMILES string of the molecule is O=C(N1C(=O)C2(CCNC2)c2ccccc21)C1(c2ccc(Cl)cc2)CC1.